The molecule has 3 aromatic rings. The Morgan fingerprint density at radius 2 is 1.84 bits per heavy atom. The lowest BCUT2D eigenvalue weighted by molar-refractivity contribution is -0.137. The van der Waals surface area contributed by atoms with E-state index in [0.29, 0.717) is 17.0 Å². The van der Waals surface area contributed by atoms with Crippen molar-refractivity contribution in [1.82, 2.24) is 9.97 Å². The minimum Gasteiger partial charge on any atom is -0.298 e. The number of hydrogen-bond donors (Lipinski definition) is 0. The van der Waals surface area contributed by atoms with Gasteiger partial charge in [0, 0.05) is 24.4 Å². The SMILES string of the molecule is CC1=NN(c2ccc(C(F)(F)F)cc2)C(=O)C1C(=O)Cc1cccc(-c2cnccn2)c1. The number of hydrazone groups is 1. The Balaban J connectivity index is 1.51. The molecule has 0 radical (unpaired) electrons. The molecule has 4 rings (SSSR count). The molecule has 1 amide bonds. The van der Waals surface area contributed by atoms with Gasteiger partial charge >= 0.3 is 6.18 Å². The maximum Gasteiger partial charge on any atom is 0.416 e. The zero-order chi connectivity index (χ0) is 22.9. The summed E-state index contributed by atoms with van der Waals surface area (Å²) in [6, 6.07) is 11.3. The minimum absolute atomic E-state index is 0.00177. The van der Waals surface area contributed by atoms with E-state index in [1.54, 1.807) is 43.7 Å². The van der Waals surface area contributed by atoms with Gasteiger partial charge in [0.1, 0.15) is 5.92 Å². The molecule has 0 spiro atoms. The van der Waals surface area contributed by atoms with Crippen molar-refractivity contribution in [3.8, 4) is 11.3 Å². The average Bonchev–Trinajstić information content (AvgIpc) is 3.08. The number of aromatic nitrogens is 2. The Kier molecular flexibility index (Phi) is 5.56. The van der Waals surface area contributed by atoms with Crippen molar-refractivity contribution in [3.05, 3.63) is 78.2 Å². The molecule has 1 aliphatic heterocycles. The first kappa shape index (κ1) is 21.4. The molecule has 0 bridgehead atoms. The van der Waals surface area contributed by atoms with E-state index >= 15 is 0 Å². The second-order valence-corrected chi connectivity index (χ2v) is 7.30. The van der Waals surface area contributed by atoms with E-state index in [1.807, 2.05) is 6.07 Å². The number of rotatable bonds is 5. The van der Waals surface area contributed by atoms with Crippen LogP contribution in [0.15, 0.2) is 72.2 Å². The van der Waals surface area contributed by atoms with Gasteiger partial charge in [0.05, 0.1) is 28.9 Å². The molecule has 9 heteroatoms. The first-order chi connectivity index (χ1) is 15.2. The summed E-state index contributed by atoms with van der Waals surface area (Å²) in [5.41, 5.74) is 1.78. The fourth-order valence-corrected chi connectivity index (χ4v) is 3.51. The fraction of sp³-hybridized carbons (Fsp3) is 0.174. The number of halogens is 3. The highest BCUT2D eigenvalue weighted by Crippen LogP contribution is 2.32. The zero-order valence-electron chi connectivity index (χ0n) is 16.9. The molecule has 1 aliphatic rings. The number of amides is 1. The van der Waals surface area contributed by atoms with E-state index in [-0.39, 0.29) is 17.9 Å². The van der Waals surface area contributed by atoms with Crippen LogP contribution in [0.2, 0.25) is 0 Å². The second-order valence-electron chi connectivity index (χ2n) is 7.30. The van der Waals surface area contributed by atoms with Gasteiger partial charge in [0.15, 0.2) is 5.78 Å². The number of ketones is 1. The molecule has 0 saturated heterocycles. The molecule has 0 fully saturated rings. The lowest BCUT2D eigenvalue weighted by Crippen LogP contribution is -2.33. The number of carbonyl (C=O) groups is 2. The second kappa shape index (κ2) is 8.33. The molecule has 0 N–H and O–H groups in total. The number of Topliss-reactive ketones (excluding diaryl/α,β-unsaturated/α-hetero) is 1. The zero-order valence-corrected chi connectivity index (χ0v) is 16.9. The van der Waals surface area contributed by atoms with E-state index in [4.69, 9.17) is 0 Å². The molecule has 6 nitrogen and oxygen atoms in total. The molecule has 2 aromatic carbocycles. The third-order valence-corrected chi connectivity index (χ3v) is 5.06. The van der Waals surface area contributed by atoms with E-state index < -0.39 is 23.6 Å². The number of carbonyl (C=O) groups excluding carboxylic acids is 2. The van der Waals surface area contributed by atoms with Crippen LogP contribution in [0, 0.1) is 5.92 Å². The Morgan fingerprint density at radius 3 is 2.50 bits per heavy atom. The maximum absolute atomic E-state index is 12.9. The van der Waals surface area contributed by atoms with Gasteiger partial charge in [-0.15, -0.1) is 0 Å². The molecule has 1 atom stereocenters. The number of alkyl halides is 3. The molecule has 0 saturated carbocycles. The molecule has 32 heavy (non-hydrogen) atoms. The summed E-state index contributed by atoms with van der Waals surface area (Å²) in [6.07, 6.45) is 0.261. The van der Waals surface area contributed by atoms with Gasteiger partial charge < -0.3 is 0 Å². The quantitative estimate of drug-likeness (QED) is 0.557. The smallest absolute Gasteiger partial charge is 0.298 e. The van der Waals surface area contributed by atoms with Crippen molar-refractivity contribution in [2.24, 2.45) is 11.0 Å². The van der Waals surface area contributed by atoms with Gasteiger partial charge in [-0.3, -0.25) is 19.6 Å². The standard InChI is InChI=1S/C23H17F3N4O2/c1-14-21(22(32)30(29-14)18-7-5-17(6-8-18)23(24,25)26)20(31)12-15-3-2-4-16(11-15)19-13-27-9-10-28-19/h2-11,13,21H,12H2,1H3. The van der Waals surface area contributed by atoms with E-state index in [9.17, 15) is 22.8 Å². The fourth-order valence-electron chi connectivity index (χ4n) is 3.51. The highest BCUT2D eigenvalue weighted by molar-refractivity contribution is 6.27. The van der Waals surface area contributed by atoms with Crippen LogP contribution >= 0.6 is 0 Å². The van der Waals surface area contributed by atoms with Crippen LogP contribution < -0.4 is 5.01 Å². The van der Waals surface area contributed by atoms with Crippen LogP contribution in [0.5, 0.6) is 0 Å². The lowest BCUT2D eigenvalue weighted by Gasteiger charge is -2.15. The van der Waals surface area contributed by atoms with Gasteiger partial charge in [-0.2, -0.15) is 23.3 Å². The van der Waals surface area contributed by atoms with Gasteiger partial charge in [-0.25, -0.2) is 0 Å². The molecule has 2 heterocycles. The van der Waals surface area contributed by atoms with E-state index in [2.05, 4.69) is 15.1 Å². The van der Waals surface area contributed by atoms with Crippen LogP contribution in [-0.2, 0) is 22.2 Å². The number of hydrogen-bond acceptors (Lipinski definition) is 5. The summed E-state index contributed by atoms with van der Waals surface area (Å²) < 4.78 is 38.4. The minimum atomic E-state index is -4.48. The van der Waals surface area contributed by atoms with Crippen molar-refractivity contribution in [3.63, 3.8) is 0 Å². The van der Waals surface area contributed by atoms with Crippen LogP contribution in [0.4, 0.5) is 18.9 Å². The van der Waals surface area contributed by atoms with Crippen molar-refractivity contribution in [2.75, 3.05) is 5.01 Å². The summed E-state index contributed by atoms with van der Waals surface area (Å²) >= 11 is 0. The highest BCUT2D eigenvalue weighted by atomic mass is 19.4. The van der Waals surface area contributed by atoms with Gasteiger partial charge in [-0.05, 0) is 42.8 Å². The predicted octanol–water partition coefficient (Wildman–Crippen LogP) is 4.31. The molecule has 1 aromatic heterocycles. The third-order valence-electron chi connectivity index (χ3n) is 5.06. The summed E-state index contributed by atoms with van der Waals surface area (Å²) in [6.45, 7) is 1.56. The van der Waals surface area contributed by atoms with Gasteiger partial charge in [0.25, 0.3) is 5.91 Å². The molecular formula is C23H17F3N4O2. The van der Waals surface area contributed by atoms with Crippen LogP contribution in [0.25, 0.3) is 11.3 Å². The number of nitrogens with zero attached hydrogens (tertiary/aromatic N) is 4. The molecule has 1 unspecified atom stereocenters. The molecular weight excluding hydrogens is 421 g/mol. The van der Waals surface area contributed by atoms with Crippen LogP contribution in [0.1, 0.15) is 18.1 Å². The summed E-state index contributed by atoms with van der Waals surface area (Å²) in [5.74, 6) is -2.02. The topological polar surface area (TPSA) is 75.5 Å². The maximum atomic E-state index is 12.9. The summed E-state index contributed by atoms with van der Waals surface area (Å²) in [4.78, 5) is 34.1. The van der Waals surface area contributed by atoms with E-state index in [1.165, 1.54) is 0 Å². The Labute approximate surface area is 181 Å². The monoisotopic (exact) mass is 438 g/mol. The third kappa shape index (κ3) is 4.27. The molecule has 0 aliphatic carbocycles. The number of anilines is 1. The van der Waals surface area contributed by atoms with Crippen LogP contribution in [-0.4, -0.2) is 27.4 Å². The Morgan fingerprint density at radius 1 is 1.09 bits per heavy atom. The van der Waals surface area contributed by atoms with Gasteiger partial charge in [-0.1, -0.05) is 18.2 Å². The normalized spacial score (nSPS) is 16.2. The van der Waals surface area contributed by atoms with Crippen LogP contribution in [0.3, 0.4) is 0 Å². The van der Waals surface area contributed by atoms with Gasteiger partial charge in [0.2, 0.25) is 0 Å². The highest BCUT2D eigenvalue weighted by Gasteiger charge is 2.39. The Hall–Kier alpha value is -3.88. The largest absolute Gasteiger partial charge is 0.416 e. The molecule has 162 valence electrons. The van der Waals surface area contributed by atoms with Crippen molar-refractivity contribution in [1.29, 1.82) is 0 Å². The lowest BCUT2D eigenvalue weighted by atomic mass is 9.93. The first-order valence-electron chi connectivity index (χ1n) is 9.68. The summed E-state index contributed by atoms with van der Waals surface area (Å²) in [7, 11) is 0. The van der Waals surface area contributed by atoms with Crippen molar-refractivity contribution >= 4 is 23.1 Å². The van der Waals surface area contributed by atoms with E-state index in [0.717, 1.165) is 34.8 Å². The average molecular weight is 438 g/mol. The predicted molar refractivity (Wildman–Crippen MR) is 112 cm³/mol. The van der Waals surface area contributed by atoms with Crippen molar-refractivity contribution < 1.29 is 22.8 Å². The number of benzene rings is 2. The Bertz CT molecular complexity index is 1190. The first-order valence-corrected chi connectivity index (χ1v) is 9.68. The summed E-state index contributed by atoms with van der Waals surface area (Å²) in [5, 5.41) is 5.10. The van der Waals surface area contributed by atoms with Crippen molar-refractivity contribution in [2.45, 2.75) is 19.5 Å².